The van der Waals surface area contributed by atoms with Crippen LogP contribution in [-0.4, -0.2) is 25.2 Å². The SMILES string of the molecule is CCCCCCCCCCCCCOC(=O)C(CC)(CC)C(=O)OCC(C)CCC. The van der Waals surface area contributed by atoms with Crippen LogP contribution in [0.15, 0.2) is 0 Å². The van der Waals surface area contributed by atoms with Crippen molar-refractivity contribution in [2.45, 2.75) is 131 Å². The van der Waals surface area contributed by atoms with E-state index in [2.05, 4.69) is 20.8 Å². The van der Waals surface area contributed by atoms with Gasteiger partial charge in [-0.2, -0.15) is 0 Å². The highest BCUT2D eigenvalue weighted by Crippen LogP contribution is 2.30. The van der Waals surface area contributed by atoms with E-state index < -0.39 is 17.4 Å². The Morgan fingerprint density at radius 3 is 1.60 bits per heavy atom. The third kappa shape index (κ3) is 12.0. The van der Waals surface area contributed by atoms with Crippen LogP contribution in [0.2, 0.25) is 0 Å². The normalized spacial score (nSPS) is 12.6. The lowest BCUT2D eigenvalue weighted by Gasteiger charge is -2.27. The summed E-state index contributed by atoms with van der Waals surface area (Å²) in [5.41, 5.74) is -1.15. The Morgan fingerprint density at radius 1 is 0.667 bits per heavy atom. The summed E-state index contributed by atoms with van der Waals surface area (Å²) < 4.78 is 11.0. The molecule has 0 saturated carbocycles. The Hall–Kier alpha value is -1.06. The number of hydrogen-bond donors (Lipinski definition) is 0. The van der Waals surface area contributed by atoms with Gasteiger partial charge >= 0.3 is 11.9 Å². The summed E-state index contributed by atoms with van der Waals surface area (Å²) in [5.74, 6) is -0.509. The fraction of sp³-hybridized carbons (Fsp3) is 0.923. The Morgan fingerprint density at radius 2 is 1.13 bits per heavy atom. The van der Waals surface area contributed by atoms with E-state index in [-0.39, 0.29) is 0 Å². The number of unbranched alkanes of at least 4 members (excludes halogenated alkanes) is 10. The van der Waals surface area contributed by atoms with Gasteiger partial charge in [-0.3, -0.25) is 9.59 Å². The molecule has 0 aliphatic heterocycles. The Bertz CT molecular complexity index is 429. The number of hydrogen-bond acceptors (Lipinski definition) is 4. The van der Waals surface area contributed by atoms with Gasteiger partial charge in [0.25, 0.3) is 0 Å². The van der Waals surface area contributed by atoms with Gasteiger partial charge < -0.3 is 9.47 Å². The van der Waals surface area contributed by atoms with Crippen molar-refractivity contribution in [2.75, 3.05) is 13.2 Å². The van der Waals surface area contributed by atoms with Crippen molar-refractivity contribution < 1.29 is 19.1 Å². The first-order valence-electron chi connectivity index (χ1n) is 12.8. The molecule has 0 aromatic heterocycles. The second kappa shape index (κ2) is 18.7. The molecule has 0 N–H and O–H groups in total. The van der Waals surface area contributed by atoms with Crippen molar-refractivity contribution in [1.29, 1.82) is 0 Å². The van der Waals surface area contributed by atoms with E-state index >= 15 is 0 Å². The Balaban J connectivity index is 4.06. The van der Waals surface area contributed by atoms with Gasteiger partial charge in [-0.1, -0.05) is 105 Å². The lowest BCUT2D eigenvalue weighted by molar-refractivity contribution is -0.174. The van der Waals surface area contributed by atoms with Crippen molar-refractivity contribution in [3.63, 3.8) is 0 Å². The van der Waals surface area contributed by atoms with Crippen molar-refractivity contribution >= 4 is 11.9 Å². The Kier molecular flexibility index (Phi) is 18.0. The van der Waals surface area contributed by atoms with Gasteiger partial charge in [0.05, 0.1) is 13.2 Å². The molecule has 0 heterocycles. The zero-order valence-corrected chi connectivity index (χ0v) is 20.7. The van der Waals surface area contributed by atoms with Crippen LogP contribution in [0.5, 0.6) is 0 Å². The molecule has 1 unspecified atom stereocenters. The number of carbonyl (C=O) groups is 2. The minimum Gasteiger partial charge on any atom is -0.465 e. The summed E-state index contributed by atoms with van der Waals surface area (Å²) in [4.78, 5) is 25.4. The highest BCUT2D eigenvalue weighted by Gasteiger charge is 2.45. The summed E-state index contributed by atoms with van der Waals surface area (Å²) in [6.45, 7) is 10.9. The third-order valence-electron chi connectivity index (χ3n) is 6.25. The van der Waals surface area contributed by atoms with Crippen LogP contribution in [0.4, 0.5) is 0 Å². The predicted octanol–water partition coefficient (Wildman–Crippen LogP) is 7.63. The molecule has 0 aliphatic rings. The predicted molar refractivity (Wildman–Crippen MR) is 125 cm³/mol. The molecule has 0 aromatic carbocycles. The minimum absolute atomic E-state index is 0.317. The summed E-state index contributed by atoms with van der Waals surface area (Å²) >= 11 is 0. The molecule has 0 saturated heterocycles. The molecule has 4 nitrogen and oxygen atoms in total. The molecule has 0 aliphatic carbocycles. The number of rotatable bonds is 20. The molecule has 4 heteroatoms. The van der Waals surface area contributed by atoms with E-state index in [4.69, 9.17) is 9.47 Å². The highest BCUT2D eigenvalue weighted by atomic mass is 16.6. The molecule has 0 rings (SSSR count). The maximum Gasteiger partial charge on any atom is 0.323 e. The Labute approximate surface area is 186 Å². The van der Waals surface area contributed by atoms with E-state index in [1.807, 2.05) is 13.8 Å². The summed E-state index contributed by atoms with van der Waals surface area (Å²) in [7, 11) is 0. The molecule has 0 amide bonds. The smallest absolute Gasteiger partial charge is 0.323 e. The van der Waals surface area contributed by atoms with Gasteiger partial charge in [0.1, 0.15) is 0 Å². The summed E-state index contributed by atoms with van der Waals surface area (Å²) in [6, 6.07) is 0. The van der Waals surface area contributed by atoms with Crippen LogP contribution < -0.4 is 0 Å². The second-order valence-corrected chi connectivity index (χ2v) is 8.95. The van der Waals surface area contributed by atoms with Crippen molar-refractivity contribution in [3.8, 4) is 0 Å². The topological polar surface area (TPSA) is 52.6 Å². The molecule has 0 bridgehead atoms. The second-order valence-electron chi connectivity index (χ2n) is 8.95. The average molecular weight is 427 g/mol. The standard InChI is InChI=1S/C26H50O4/c1-6-10-11-12-13-14-15-16-17-18-19-21-29-24(27)26(8-3,9-4)25(28)30-22-23(5)20-7-2/h23H,6-22H2,1-5H3. The van der Waals surface area contributed by atoms with Crippen LogP contribution in [0.1, 0.15) is 131 Å². The van der Waals surface area contributed by atoms with Crippen molar-refractivity contribution in [3.05, 3.63) is 0 Å². The molecular formula is C26H50O4. The summed E-state index contributed by atoms with van der Waals surface area (Å²) in [6.07, 6.45) is 16.8. The number of ether oxygens (including phenoxy) is 2. The first-order chi connectivity index (χ1) is 14.5. The average Bonchev–Trinajstić information content (AvgIpc) is 2.74. The van der Waals surface area contributed by atoms with Crippen LogP contribution >= 0.6 is 0 Å². The van der Waals surface area contributed by atoms with Gasteiger partial charge in [0.2, 0.25) is 0 Å². The van der Waals surface area contributed by atoms with Crippen molar-refractivity contribution in [1.82, 2.24) is 0 Å². The monoisotopic (exact) mass is 426 g/mol. The van der Waals surface area contributed by atoms with Gasteiger partial charge in [-0.15, -0.1) is 0 Å². The molecule has 0 spiro atoms. The molecule has 1 atom stereocenters. The van der Waals surface area contributed by atoms with E-state index in [0.717, 1.165) is 25.7 Å². The van der Waals surface area contributed by atoms with Gasteiger partial charge in [0.15, 0.2) is 5.41 Å². The van der Waals surface area contributed by atoms with E-state index in [1.54, 1.807) is 0 Å². The highest BCUT2D eigenvalue weighted by molar-refractivity contribution is 5.99. The van der Waals surface area contributed by atoms with Gasteiger partial charge in [0, 0.05) is 0 Å². The largest absolute Gasteiger partial charge is 0.465 e. The van der Waals surface area contributed by atoms with E-state index in [9.17, 15) is 9.59 Å². The first kappa shape index (κ1) is 28.9. The molecule has 0 aromatic rings. The number of esters is 2. The summed E-state index contributed by atoms with van der Waals surface area (Å²) in [5, 5.41) is 0. The van der Waals surface area contributed by atoms with Crippen LogP contribution in [-0.2, 0) is 19.1 Å². The van der Waals surface area contributed by atoms with Crippen LogP contribution in [0.3, 0.4) is 0 Å². The minimum atomic E-state index is -1.15. The zero-order valence-electron chi connectivity index (χ0n) is 20.7. The molecule has 0 fully saturated rings. The van der Waals surface area contributed by atoms with E-state index in [1.165, 1.54) is 57.8 Å². The fourth-order valence-electron chi connectivity index (χ4n) is 3.91. The lowest BCUT2D eigenvalue weighted by atomic mass is 9.82. The lowest BCUT2D eigenvalue weighted by Crippen LogP contribution is -2.41. The van der Waals surface area contributed by atoms with Crippen molar-refractivity contribution in [2.24, 2.45) is 11.3 Å². The zero-order chi connectivity index (χ0) is 22.7. The maximum absolute atomic E-state index is 12.7. The van der Waals surface area contributed by atoms with Crippen LogP contribution in [0.25, 0.3) is 0 Å². The van der Waals surface area contributed by atoms with E-state index in [0.29, 0.717) is 32.0 Å². The van der Waals surface area contributed by atoms with Crippen LogP contribution in [0, 0.1) is 11.3 Å². The fourth-order valence-corrected chi connectivity index (χ4v) is 3.91. The quantitative estimate of drug-likeness (QED) is 0.114. The van der Waals surface area contributed by atoms with Gasteiger partial charge in [-0.25, -0.2) is 0 Å². The maximum atomic E-state index is 12.7. The molecule has 30 heavy (non-hydrogen) atoms. The third-order valence-corrected chi connectivity index (χ3v) is 6.25. The molecule has 178 valence electrons. The molecule has 0 radical (unpaired) electrons. The van der Waals surface area contributed by atoms with Gasteiger partial charge in [-0.05, 0) is 31.6 Å². The first-order valence-corrected chi connectivity index (χ1v) is 12.8. The number of carbonyl (C=O) groups excluding carboxylic acids is 2. The molecular weight excluding hydrogens is 376 g/mol.